The predicted molar refractivity (Wildman–Crippen MR) is 71.1 cm³/mol. The third kappa shape index (κ3) is 3.48. The average Bonchev–Trinajstić information content (AvgIpc) is 2.66. The maximum Gasteiger partial charge on any atom is 0.121 e. The average molecular weight is 244 g/mol. The van der Waals surface area contributed by atoms with Gasteiger partial charge in [0.2, 0.25) is 0 Å². The first-order chi connectivity index (χ1) is 8.79. The van der Waals surface area contributed by atoms with Gasteiger partial charge in [0.15, 0.2) is 0 Å². The zero-order chi connectivity index (χ0) is 12.8. The molecule has 3 nitrogen and oxygen atoms in total. The lowest BCUT2D eigenvalue weighted by atomic mass is 10.0. The topological polar surface area (TPSA) is 56.0 Å². The van der Waals surface area contributed by atoms with E-state index in [1.807, 2.05) is 12.1 Å². The Balaban J connectivity index is 2.00. The molecule has 2 rings (SSSR count). The first-order valence-corrected chi connectivity index (χ1v) is 6.74. The summed E-state index contributed by atoms with van der Waals surface area (Å²) in [6, 6.07) is 9.38. The summed E-state index contributed by atoms with van der Waals surface area (Å²) in [5, 5.41) is 22.0. The zero-order valence-corrected chi connectivity index (χ0v) is 10.6. The van der Waals surface area contributed by atoms with E-state index in [1.165, 1.54) is 25.7 Å². The molecule has 0 radical (unpaired) electrons. The summed E-state index contributed by atoms with van der Waals surface area (Å²) in [4.78, 5) is 0. The summed E-state index contributed by atoms with van der Waals surface area (Å²) in [6.45, 7) is 0. The molecule has 1 aliphatic rings. The van der Waals surface area contributed by atoms with Crippen molar-refractivity contribution in [2.45, 2.75) is 50.6 Å². The van der Waals surface area contributed by atoms with Crippen LogP contribution in [0.25, 0.3) is 0 Å². The molecule has 1 atom stereocenters. The van der Waals surface area contributed by atoms with Crippen molar-refractivity contribution in [3.8, 4) is 11.8 Å². The second-order valence-electron chi connectivity index (χ2n) is 5.01. The molecule has 1 unspecified atom stereocenters. The Bertz CT molecular complexity index is 399. The summed E-state index contributed by atoms with van der Waals surface area (Å²) in [5.74, 6) is 0.241. The number of hydrogen-bond donors (Lipinski definition) is 2. The van der Waals surface area contributed by atoms with Crippen LogP contribution < -0.4 is 5.32 Å². The fourth-order valence-corrected chi connectivity index (χ4v) is 2.56. The summed E-state index contributed by atoms with van der Waals surface area (Å²) < 4.78 is 0. The lowest BCUT2D eigenvalue weighted by Gasteiger charge is -2.20. The minimum atomic E-state index is -0.270. The van der Waals surface area contributed by atoms with Crippen LogP contribution >= 0.6 is 0 Å². The van der Waals surface area contributed by atoms with Gasteiger partial charge in [-0.2, -0.15) is 5.26 Å². The quantitative estimate of drug-likeness (QED) is 0.802. The van der Waals surface area contributed by atoms with E-state index in [0.29, 0.717) is 6.04 Å². The van der Waals surface area contributed by atoms with Crippen LogP contribution in [0.15, 0.2) is 24.3 Å². The van der Waals surface area contributed by atoms with Crippen molar-refractivity contribution in [1.82, 2.24) is 5.32 Å². The maximum atomic E-state index is 9.27. The Morgan fingerprint density at radius 1 is 1.11 bits per heavy atom. The molecular formula is C15H20N2O. The number of nitrogens with one attached hydrogen (secondary N) is 1. The highest BCUT2D eigenvalue weighted by molar-refractivity contribution is 5.30. The van der Waals surface area contributed by atoms with Gasteiger partial charge in [-0.3, -0.25) is 5.32 Å². The molecule has 0 saturated heterocycles. The van der Waals surface area contributed by atoms with Gasteiger partial charge in [-0.15, -0.1) is 0 Å². The first kappa shape index (κ1) is 12.9. The molecular weight excluding hydrogens is 224 g/mol. The first-order valence-electron chi connectivity index (χ1n) is 6.74. The smallest absolute Gasteiger partial charge is 0.121 e. The molecule has 18 heavy (non-hydrogen) atoms. The highest BCUT2D eigenvalue weighted by Crippen LogP contribution is 2.22. The van der Waals surface area contributed by atoms with E-state index < -0.39 is 0 Å². The molecule has 96 valence electrons. The molecule has 0 aliphatic heterocycles. The molecule has 1 fully saturated rings. The van der Waals surface area contributed by atoms with Crippen LogP contribution in [0.1, 0.15) is 50.1 Å². The van der Waals surface area contributed by atoms with Gasteiger partial charge in [0.1, 0.15) is 11.8 Å². The number of phenolic OH excluding ortho intramolecular Hbond substituents is 1. The van der Waals surface area contributed by atoms with Crippen molar-refractivity contribution in [2.75, 3.05) is 0 Å². The molecule has 3 heteroatoms. The Morgan fingerprint density at radius 3 is 2.28 bits per heavy atom. The summed E-state index contributed by atoms with van der Waals surface area (Å²) in [7, 11) is 0. The maximum absolute atomic E-state index is 9.27. The second-order valence-corrected chi connectivity index (χ2v) is 5.01. The van der Waals surface area contributed by atoms with Crippen molar-refractivity contribution >= 4 is 0 Å². The van der Waals surface area contributed by atoms with Gasteiger partial charge in [0.05, 0.1) is 6.07 Å². The van der Waals surface area contributed by atoms with E-state index in [-0.39, 0.29) is 11.8 Å². The second kappa shape index (κ2) is 6.42. The molecule has 1 aromatic carbocycles. The Morgan fingerprint density at radius 2 is 1.72 bits per heavy atom. The van der Waals surface area contributed by atoms with E-state index in [2.05, 4.69) is 11.4 Å². The molecule has 2 N–H and O–H groups in total. The van der Waals surface area contributed by atoms with Crippen LogP contribution in [0.2, 0.25) is 0 Å². The van der Waals surface area contributed by atoms with Crippen LogP contribution in [0.4, 0.5) is 0 Å². The van der Waals surface area contributed by atoms with E-state index in [4.69, 9.17) is 0 Å². The minimum Gasteiger partial charge on any atom is -0.508 e. The Labute approximate surface area is 108 Å². The van der Waals surface area contributed by atoms with Gasteiger partial charge in [-0.25, -0.2) is 0 Å². The molecule has 1 aromatic rings. The fraction of sp³-hybridized carbons (Fsp3) is 0.533. The van der Waals surface area contributed by atoms with Crippen LogP contribution in [0.3, 0.4) is 0 Å². The number of nitriles is 1. The van der Waals surface area contributed by atoms with E-state index >= 15 is 0 Å². The van der Waals surface area contributed by atoms with Crippen LogP contribution in [-0.4, -0.2) is 11.1 Å². The lowest BCUT2D eigenvalue weighted by Crippen LogP contribution is -2.31. The van der Waals surface area contributed by atoms with Gasteiger partial charge in [0.25, 0.3) is 0 Å². The molecule has 1 saturated carbocycles. The minimum absolute atomic E-state index is 0.241. The van der Waals surface area contributed by atoms with Gasteiger partial charge in [-0.1, -0.05) is 37.8 Å². The van der Waals surface area contributed by atoms with Crippen molar-refractivity contribution in [3.05, 3.63) is 29.8 Å². The van der Waals surface area contributed by atoms with Crippen LogP contribution in [0, 0.1) is 11.3 Å². The van der Waals surface area contributed by atoms with Gasteiger partial charge in [-0.05, 0) is 30.5 Å². The van der Waals surface area contributed by atoms with Gasteiger partial charge < -0.3 is 5.11 Å². The molecule has 0 bridgehead atoms. The van der Waals surface area contributed by atoms with E-state index in [1.54, 1.807) is 12.1 Å². The molecule has 0 amide bonds. The molecule has 0 spiro atoms. The highest BCUT2D eigenvalue weighted by atomic mass is 16.3. The zero-order valence-electron chi connectivity index (χ0n) is 10.6. The SMILES string of the molecule is N#CC(NC1CCCCCC1)c1ccc(O)cc1. The largest absolute Gasteiger partial charge is 0.508 e. The number of phenols is 1. The fourth-order valence-electron chi connectivity index (χ4n) is 2.56. The summed E-state index contributed by atoms with van der Waals surface area (Å²) in [6.07, 6.45) is 7.46. The third-order valence-electron chi connectivity index (χ3n) is 3.61. The van der Waals surface area contributed by atoms with E-state index in [0.717, 1.165) is 18.4 Å². The highest BCUT2D eigenvalue weighted by Gasteiger charge is 2.17. The molecule has 0 aromatic heterocycles. The predicted octanol–water partition coefficient (Wildman–Crippen LogP) is 3.27. The number of nitrogens with zero attached hydrogens (tertiary/aromatic N) is 1. The Kier molecular flexibility index (Phi) is 4.60. The number of hydrogen-bond acceptors (Lipinski definition) is 3. The number of aromatic hydroxyl groups is 1. The van der Waals surface area contributed by atoms with Crippen molar-refractivity contribution in [3.63, 3.8) is 0 Å². The number of rotatable bonds is 3. The van der Waals surface area contributed by atoms with Crippen molar-refractivity contribution in [1.29, 1.82) is 5.26 Å². The van der Waals surface area contributed by atoms with E-state index in [9.17, 15) is 10.4 Å². The summed E-state index contributed by atoms with van der Waals surface area (Å²) in [5.41, 5.74) is 0.930. The molecule has 0 heterocycles. The third-order valence-corrected chi connectivity index (χ3v) is 3.61. The van der Waals surface area contributed by atoms with Gasteiger partial charge in [0, 0.05) is 6.04 Å². The normalized spacial score (nSPS) is 18.8. The molecule has 1 aliphatic carbocycles. The lowest BCUT2D eigenvalue weighted by molar-refractivity contribution is 0.436. The standard InChI is InChI=1S/C15H20N2O/c16-11-15(12-7-9-14(18)10-8-12)17-13-5-3-1-2-4-6-13/h7-10,13,15,17-18H,1-6H2. The van der Waals surface area contributed by atoms with Crippen molar-refractivity contribution < 1.29 is 5.11 Å². The van der Waals surface area contributed by atoms with Crippen LogP contribution in [-0.2, 0) is 0 Å². The van der Waals surface area contributed by atoms with Crippen molar-refractivity contribution in [2.24, 2.45) is 0 Å². The summed E-state index contributed by atoms with van der Waals surface area (Å²) >= 11 is 0. The van der Waals surface area contributed by atoms with Gasteiger partial charge >= 0.3 is 0 Å². The monoisotopic (exact) mass is 244 g/mol. The Hall–Kier alpha value is -1.53. The number of benzene rings is 1. The van der Waals surface area contributed by atoms with Crippen LogP contribution in [0.5, 0.6) is 5.75 Å².